The molecule has 0 spiro atoms. The van der Waals surface area contributed by atoms with Crippen molar-refractivity contribution in [3.8, 4) is 0 Å². The number of benzene rings is 1. The van der Waals surface area contributed by atoms with Crippen LogP contribution in [0.2, 0.25) is 5.02 Å². The Hall–Kier alpha value is -0.570. The number of rotatable bonds is 3. The van der Waals surface area contributed by atoms with Gasteiger partial charge in [-0.2, -0.15) is 0 Å². The van der Waals surface area contributed by atoms with Crippen molar-refractivity contribution in [2.24, 2.45) is 5.92 Å². The highest BCUT2D eigenvalue weighted by molar-refractivity contribution is 6.31. The van der Waals surface area contributed by atoms with Gasteiger partial charge in [0.2, 0.25) is 0 Å². The van der Waals surface area contributed by atoms with E-state index < -0.39 is 0 Å². The van der Waals surface area contributed by atoms with Crippen molar-refractivity contribution in [2.45, 2.75) is 57.7 Å². The molecule has 1 heterocycles. The van der Waals surface area contributed by atoms with Gasteiger partial charge in [-0.25, -0.2) is 0 Å². The fourth-order valence-corrected chi connectivity index (χ4v) is 4.25. The van der Waals surface area contributed by atoms with Crippen molar-refractivity contribution in [3.63, 3.8) is 0 Å². The Balaban J connectivity index is 1.72. The van der Waals surface area contributed by atoms with E-state index in [2.05, 4.69) is 24.0 Å². The maximum absolute atomic E-state index is 10.2. The normalized spacial score (nSPS) is 31.1. The lowest BCUT2D eigenvalue weighted by Crippen LogP contribution is -2.38. The molecule has 2 fully saturated rings. The maximum atomic E-state index is 10.2. The summed E-state index contributed by atoms with van der Waals surface area (Å²) in [5.41, 5.74) is 2.43. The first-order valence-corrected chi connectivity index (χ1v) is 8.20. The molecule has 3 rings (SSSR count). The van der Waals surface area contributed by atoms with Crippen LogP contribution in [0.4, 0.5) is 0 Å². The minimum Gasteiger partial charge on any atom is -0.393 e. The molecule has 1 aromatic carbocycles. The molecule has 1 aromatic rings. The van der Waals surface area contributed by atoms with Gasteiger partial charge in [0, 0.05) is 23.5 Å². The molecule has 20 heavy (non-hydrogen) atoms. The lowest BCUT2D eigenvalue weighted by Gasteiger charge is -2.31. The maximum Gasteiger partial charge on any atom is 0.0583 e. The van der Waals surface area contributed by atoms with Gasteiger partial charge in [-0.1, -0.05) is 30.2 Å². The summed E-state index contributed by atoms with van der Waals surface area (Å²) in [6, 6.07) is 6.88. The molecule has 1 aliphatic carbocycles. The molecule has 2 aliphatic rings. The van der Waals surface area contributed by atoms with Crippen LogP contribution in [0.15, 0.2) is 18.2 Å². The van der Waals surface area contributed by atoms with E-state index in [1.807, 2.05) is 6.07 Å². The molecule has 0 bridgehead atoms. The number of aliphatic hydroxyl groups excluding tert-OH is 1. The topological polar surface area (TPSA) is 23.5 Å². The zero-order chi connectivity index (χ0) is 14.1. The average molecular weight is 294 g/mol. The summed E-state index contributed by atoms with van der Waals surface area (Å²) in [5.74, 6) is 0.474. The van der Waals surface area contributed by atoms with Crippen LogP contribution in [0, 0.1) is 12.8 Å². The number of hydrogen-bond acceptors (Lipinski definition) is 2. The summed E-state index contributed by atoms with van der Waals surface area (Å²) in [6.07, 6.45) is 5.74. The van der Waals surface area contributed by atoms with Gasteiger partial charge in [0.1, 0.15) is 0 Å². The number of likely N-dealkylation sites (tertiary alicyclic amines) is 1. The SMILES string of the molecule is Cc1ccc(CN2CCCC2C2CCCC2O)c(Cl)c1. The number of aliphatic hydroxyl groups is 1. The first-order chi connectivity index (χ1) is 9.65. The Labute approximate surface area is 126 Å². The highest BCUT2D eigenvalue weighted by atomic mass is 35.5. The van der Waals surface area contributed by atoms with Crippen molar-refractivity contribution in [1.82, 2.24) is 4.90 Å². The second-order valence-corrected chi connectivity index (χ2v) is 6.84. The van der Waals surface area contributed by atoms with E-state index in [4.69, 9.17) is 11.6 Å². The van der Waals surface area contributed by atoms with Crippen LogP contribution in [0.1, 0.15) is 43.2 Å². The summed E-state index contributed by atoms with van der Waals surface area (Å²) >= 11 is 6.37. The van der Waals surface area contributed by atoms with Gasteiger partial charge in [0.25, 0.3) is 0 Å². The minimum absolute atomic E-state index is 0.0888. The summed E-state index contributed by atoms with van der Waals surface area (Å²) in [7, 11) is 0. The van der Waals surface area contributed by atoms with E-state index in [0.29, 0.717) is 12.0 Å². The van der Waals surface area contributed by atoms with Crippen molar-refractivity contribution < 1.29 is 5.11 Å². The predicted molar refractivity (Wildman–Crippen MR) is 83.0 cm³/mol. The van der Waals surface area contributed by atoms with Gasteiger partial charge in [0.15, 0.2) is 0 Å². The molecule has 3 unspecified atom stereocenters. The van der Waals surface area contributed by atoms with Gasteiger partial charge < -0.3 is 5.11 Å². The third-order valence-corrected chi connectivity index (χ3v) is 5.37. The molecule has 110 valence electrons. The van der Waals surface area contributed by atoms with Crippen LogP contribution in [0.5, 0.6) is 0 Å². The third kappa shape index (κ3) is 2.88. The molecule has 0 radical (unpaired) electrons. The van der Waals surface area contributed by atoms with E-state index in [9.17, 15) is 5.11 Å². The molecular weight excluding hydrogens is 270 g/mol. The molecule has 1 saturated heterocycles. The largest absolute Gasteiger partial charge is 0.393 e. The number of aryl methyl sites for hydroxylation is 1. The highest BCUT2D eigenvalue weighted by Crippen LogP contribution is 2.36. The number of hydrogen-bond donors (Lipinski definition) is 1. The Kier molecular flexibility index (Phi) is 4.34. The Morgan fingerprint density at radius 2 is 2.10 bits per heavy atom. The van der Waals surface area contributed by atoms with Crippen molar-refractivity contribution in [2.75, 3.05) is 6.54 Å². The molecular formula is C17H24ClNO. The molecule has 3 atom stereocenters. The van der Waals surface area contributed by atoms with Crippen LogP contribution in [0.25, 0.3) is 0 Å². The van der Waals surface area contributed by atoms with Crippen molar-refractivity contribution >= 4 is 11.6 Å². The number of nitrogens with zero attached hydrogens (tertiary/aromatic N) is 1. The van der Waals surface area contributed by atoms with Crippen molar-refractivity contribution in [1.29, 1.82) is 0 Å². The number of halogens is 1. The predicted octanol–water partition coefficient (Wildman–Crippen LogP) is 3.77. The first kappa shape index (κ1) is 14.4. The lowest BCUT2D eigenvalue weighted by atomic mass is 9.94. The van der Waals surface area contributed by atoms with Crippen LogP contribution >= 0.6 is 11.6 Å². The molecule has 2 nitrogen and oxygen atoms in total. The second-order valence-electron chi connectivity index (χ2n) is 6.44. The first-order valence-electron chi connectivity index (χ1n) is 7.82. The molecule has 0 amide bonds. The third-order valence-electron chi connectivity index (χ3n) is 5.02. The summed E-state index contributed by atoms with van der Waals surface area (Å²) in [5, 5.41) is 11.0. The van der Waals surface area contributed by atoms with Crippen LogP contribution in [-0.4, -0.2) is 28.7 Å². The molecule has 1 saturated carbocycles. The molecule has 0 aromatic heterocycles. The lowest BCUT2D eigenvalue weighted by molar-refractivity contribution is 0.0719. The fourth-order valence-electron chi connectivity index (χ4n) is 3.95. The second kappa shape index (κ2) is 6.05. The standard InChI is InChI=1S/C17H24ClNO/c1-12-7-8-13(15(18)10-12)11-19-9-3-5-16(19)14-4-2-6-17(14)20/h7-8,10,14,16-17,20H,2-6,9,11H2,1H3. The van der Waals surface area contributed by atoms with Gasteiger partial charge in [-0.15, -0.1) is 0 Å². The van der Waals surface area contributed by atoms with Gasteiger partial charge in [-0.05, 0) is 56.3 Å². The fraction of sp³-hybridized carbons (Fsp3) is 0.647. The minimum atomic E-state index is -0.0888. The Morgan fingerprint density at radius 3 is 2.80 bits per heavy atom. The average Bonchev–Trinajstić information content (AvgIpc) is 3.01. The zero-order valence-electron chi connectivity index (χ0n) is 12.2. The zero-order valence-corrected chi connectivity index (χ0v) is 12.9. The van der Waals surface area contributed by atoms with E-state index in [0.717, 1.165) is 24.5 Å². The van der Waals surface area contributed by atoms with Gasteiger partial charge in [-0.3, -0.25) is 4.90 Å². The van der Waals surface area contributed by atoms with Crippen molar-refractivity contribution in [3.05, 3.63) is 34.3 Å². The van der Waals surface area contributed by atoms with E-state index in [1.165, 1.54) is 36.8 Å². The smallest absolute Gasteiger partial charge is 0.0583 e. The Bertz CT molecular complexity index is 476. The van der Waals surface area contributed by atoms with E-state index in [-0.39, 0.29) is 6.10 Å². The van der Waals surface area contributed by atoms with Crippen LogP contribution in [-0.2, 0) is 6.54 Å². The summed E-state index contributed by atoms with van der Waals surface area (Å²) in [4.78, 5) is 2.54. The van der Waals surface area contributed by atoms with E-state index in [1.54, 1.807) is 0 Å². The monoisotopic (exact) mass is 293 g/mol. The molecule has 1 N–H and O–H groups in total. The molecule has 1 aliphatic heterocycles. The van der Waals surface area contributed by atoms with Gasteiger partial charge in [0.05, 0.1) is 6.10 Å². The van der Waals surface area contributed by atoms with Gasteiger partial charge >= 0.3 is 0 Å². The van der Waals surface area contributed by atoms with E-state index >= 15 is 0 Å². The van der Waals surface area contributed by atoms with Crippen LogP contribution < -0.4 is 0 Å². The molecule has 3 heteroatoms. The summed E-state index contributed by atoms with van der Waals surface area (Å²) in [6.45, 7) is 4.13. The Morgan fingerprint density at radius 1 is 1.25 bits per heavy atom. The highest BCUT2D eigenvalue weighted by Gasteiger charge is 2.38. The quantitative estimate of drug-likeness (QED) is 0.917. The summed E-state index contributed by atoms with van der Waals surface area (Å²) < 4.78 is 0. The van der Waals surface area contributed by atoms with Crippen LogP contribution in [0.3, 0.4) is 0 Å².